The molecule has 8 heteroatoms. The molecule has 0 fully saturated rings. The molecule has 7 aromatic carbocycles. The Morgan fingerprint density at radius 3 is 2.22 bits per heavy atom. The SMILES string of the molecule is CC(C)(C)c1ccnc(-c2[c-]cccc2)n1.[2H]C([2H])([2H])c1c[c-]c(-c2nc3cccc(C([2H])([2H])[2H])c3n2-c2c(C(C)C)cc3c(oc4ccccc43)c2C(C)C)c2oc3nc4c(ccc5ccccc54)cc3c12.[Ir]. The number of para-hydroxylation sites is 2. The van der Waals surface area contributed by atoms with Crippen molar-refractivity contribution in [2.24, 2.45) is 0 Å². The Kier molecular flexibility index (Phi) is 9.66. The summed E-state index contributed by atoms with van der Waals surface area (Å²) in [7, 11) is 0. The number of aryl methyl sites for hydroxylation is 2. The van der Waals surface area contributed by atoms with Crippen LogP contribution >= 0.6 is 0 Å². The van der Waals surface area contributed by atoms with Gasteiger partial charge >= 0.3 is 0 Å². The van der Waals surface area contributed by atoms with Crippen molar-refractivity contribution in [1.82, 2.24) is 24.5 Å². The Bertz CT molecular complexity index is 4130. The van der Waals surface area contributed by atoms with Gasteiger partial charge in [-0.25, -0.2) is 4.98 Å². The number of fused-ring (bicyclic) bond motifs is 10. The Hall–Kier alpha value is -6.99. The average Bonchev–Trinajstić information content (AvgIpc) is 4.05. The standard InChI is InChI=1S/C46H36N3O2.C14H15N2.Ir/c1-24(2)33-23-34-31-15-9-10-17-37(31)50-44(34)38(25(3)4)42(33)49-41-27(6)12-11-16-36(41)47-45(49)32-21-18-26(5)39-35-22-29-20-19-28-13-7-8-14-30(28)40(29)48-46(35)51-43(32)39;1-14(2,3)12-9-10-15-13(16-12)11-7-5-4-6-8-11;/h7-20,22-25H,1-6H3;4-7,9-10H,1-3H3;/q2*-1;/i5D3,6D3;;. The molecule has 0 aliphatic heterocycles. The second-order valence-corrected chi connectivity index (χ2v) is 18.8. The first-order chi connectivity index (χ1) is 34.8. The molecule has 1 radical (unpaired) electrons. The maximum Gasteiger partial charge on any atom is 0.216 e. The molecular formula is C60H51IrN5O2-2. The largest absolute Gasteiger partial charge is 0.486 e. The Morgan fingerprint density at radius 1 is 0.676 bits per heavy atom. The molecule has 0 spiro atoms. The number of rotatable bonds is 5. The summed E-state index contributed by atoms with van der Waals surface area (Å²) in [5.74, 6) is 1.01. The Balaban J connectivity index is 0.000000315. The van der Waals surface area contributed by atoms with Gasteiger partial charge in [0.1, 0.15) is 11.2 Å². The van der Waals surface area contributed by atoms with Gasteiger partial charge in [-0.3, -0.25) is 15.0 Å². The molecule has 0 saturated heterocycles. The Morgan fingerprint density at radius 2 is 1.46 bits per heavy atom. The maximum absolute atomic E-state index is 8.71. The molecule has 0 saturated carbocycles. The number of furan rings is 2. The molecule has 0 unspecified atom stereocenters. The van der Waals surface area contributed by atoms with Crippen LogP contribution in [0.2, 0.25) is 0 Å². The van der Waals surface area contributed by atoms with E-state index in [0.29, 0.717) is 38.8 Å². The first-order valence-electron chi connectivity index (χ1n) is 25.7. The molecule has 0 bridgehead atoms. The summed E-state index contributed by atoms with van der Waals surface area (Å²) in [6.45, 7) is 9.88. The van der Waals surface area contributed by atoms with E-state index in [0.717, 1.165) is 71.9 Å². The molecule has 5 heterocycles. The van der Waals surface area contributed by atoms with Crippen LogP contribution in [-0.4, -0.2) is 24.5 Å². The molecule has 5 aromatic heterocycles. The fourth-order valence-corrected chi connectivity index (χ4v) is 9.38. The summed E-state index contributed by atoms with van der Waals surface area (Å²) in [4.78, 5) is 19.1. The summed E-state index contributed by atoms with van der Waals surface area (Å²) in [6, 6.07) is 46.8. The summed E-state index contributed by atoms with van der Waals surface area (Å²) < 4.78 is 67.3. The van der Waals surface area contributed by atoms with Crippen molar-refractivity contribution in [3.63, 3.8) is 0 Å². The third-order valence-electron chi connectivity index (χ3n) is 12.6. The second-order valence-electron chi connectivity index (χ2n) is 18.8. The zero-order valence-electron chi connectivity index (χ0n) is 44.7. The van der Waals surface area contributed by atoms with Gasteiger partial charge in [0.25, 0.3) is 0 Å². The van der Waals surface area contributed by atoms with E-state index in [4.69, 9.17) is 27.0 Å². The second kappa shape index (κ2) is 17.3. The minimum Gasteiger partial charge on any atom is -0.486 e. The van der Waals surface area contributed by atoms with E-state index in [9.17, 15) is 0 Å². The van der Waals surface area contributed by atoms with E-state index in [1.54, 1.807) is 18.2 Å². The number of hydrogen-bond acceptors (Lipinski definition) is 6. The molecule has 0 N–H and O–H groups in total. The number of aromatic nitrogens is 5. The van der Waals surface area contributed by atoms with Crippen LogP contribution in [0.3, 0.4) is 0 Å². The Labute approximate surface area is 418 Å². The minimum atomic E-state index is -2.51. The van der Waals surface area contributed by atoms with Gasteiger partial charge in [-0.15, -0.1) is 53.6 Å². The summed E-state index contributed by atoms with van der Waals surface area (Å²) in [6.07, 6.45) is 1.81. The zero-order valence-corrected chi connectivity index (χ0v) is 41.1. The van der Waals surface area contributed by atoms with Crippen molar-refractivity contribution in [2.75, 3.05) is 0 Å². The van der Waals surface area contributed by atoms with Gasteiger partial charge in [0.2, 0.25) is 5.71 Å². The van der Waals surface area contributed by atoms with Crippen LogP contribution in [0.5, 0.6) is 0 Å². The molecule has 68 heavy (non-hydrogen) atoms. The number of benzene rings is 7. The smallest absolute Gasteiger partial charge is 0.216 e. The number of pyridine rings is 1. The summed E-state index contributed by atoms with van der Waals surface area (Å²) >= 11 is 0. The van der Waals surface area contributed by atoms with E-state index < -0.39 is 13.7 Å². The van der Waals surface area contributed by atoms with Gasteiger partial charge in [-0.1, -0.05) is 133 Å². The molecule has 0 atom stereocenters. The quantitative estimate of drug-likeness (QED) is 0.126. The van der Waals surface area contributed by atoms with Gasteiger partial charge in [0, 0.05) is 83.8 Å². The topological polar surface area (TPSA) is 82.8 Å². The molecular weight excluding hydrogens is 1010 g/mol. The molecule has 0 aliphatic carbocycles. The van der Waals surface area contributed by atoms with Gasteiger partial charge in [-0.2, -0.15) is 0 Å². The molecule has 12 rings (SSSR count). The van der Waals surface area contributed by atoms with Crippen LogP contribution in [0, 0.1) is 25.8 Å². The normalized spacial score (nSPS) is 13.7. The monoisotopic (exact) mass is 1070 g/mol. The third kappa shape index (κ3) is 7.47. The van der Waals surface area contributed by atoms with Crippen LogP contribution in [0.1, 0.15) is 96.5 Å². The van der Waals surface area contributed by atoms with Crippen LogP contribution in [0.25, 0.3) is 105 Å². The third-order valence-corrected chi connectivity index (χ3v) is 12.6. The van der Waals surface area contributed by atoms with Gasteiger partial charge in [-0.05, 0) is 65.5 Å². The van der Waals surface area contributed by atoms with Crippen molar-refractivity contribution in [3.8, 4) is 28.5 Å². The zero-order chi connectivity index (χ0) is 51.3. The van der Waals surface area contributed by atoms with Gasteiger partial charge in [0.15, 0.2) is 0 Å². The van der Waals surface area contributed by atoms with Crippen molar-refractivity contribution in [3.05, 3.63) is 174 Å². The van der Waals surface area contributed by atoms with E-state index in [1.807, 2.05) is 102 Å². The predicted molar refractivity (Wildman–Crippen MR) is 275 cm³/mol. The van der Waals surface area contributed by atoms with Gasteiger partial charge < -0.3 is 13.4 Å². The number of hydrogen-bond donors (Lipinski definition) is 0. The average molecular weight is 1070 g/mol. The summed E-state index contributed by atoms with van der Waals surface area (Å²) in [5, 5.41) is 5.71. The number of imidazole rings is 1. The molecule has 7 nitrogen and oxygen atoms in total. The first kappa shape index (κ1) is 38.0. The van der Waals surface area contributed by atoms with Crippen LogP contribution < -0.4 is 0 Å². The predicted octanol–water partition coefficient (Wildman–Crippen LogP) is 16.1. The van der Waals surface area contributed by atoms with Crippen LogP contribution in [-0.2, 0) is 25.5 Å². The molecule has 0 aliphatic rings. The minimum absolute atomic E-state index is 0. The van der Waals surface area contributed by atoms with Crippen LogP contribution in [0.4, 0.5) is 0 Å². The van der Waals surface area contributed by atoms with Crippen molar-refractivity contribution in [1.29, 1.82) is 0 Å². The fourth-order valence-electron chi connectivity index (χ4n) is 9.38. The molecule has 12 aromatic rings. The first-order valence-corrected chi connectivity index (χ1v) is 22.7. The maximum atomic E-state index is 8.71. The molecule has 0 amide bonds. The van der Waals surface area contributed by atoms with Crippen molar-refractivity contribution in [2.45, 2.75) is 79.4 Å². The van der Waals surface area contributed by atoms with Gasteiger partial charge in [0.05, 0.1) is 33.8 Å². The van der Waals surface area contributed by atoms with E-state index in [1.165, 1.54) is 6.07 Å². The van der Waals surface area contributed by atoms with Crippen molar-refractivity contribution >= 4 is 76.7 Å². The number of nitrogens with zero attached hydrogens (tertiary/aromatic N) is 5. The van der Waals surface area contributed by atoms with E-state index in [2.05, 4.69) is 82.7 Å². The van der Waals surface area contributed by atoms with Crippen LogP contribution in [0.15, 0.2) is 142 Å². The fraction of sp³-hybridized carbons (Fsp3) is 0.200. The summed E-state index contributed by atoms with van der Waals surface area (Å²) in [5.41, 5.74) is 8.85. The van der Waals surface area contributed by atoms with E-state index in [-0.39, 0.29) is 59.8 Å². The van der Waals surface area contributed by atoms with E-state index >= 15 is 0 Å². The molecule has 339 valence electrons. The van der Waals surface area contributed by atoms with Crippen molar-refractivity contribution < 1.29 is 37.2 Å².